The molecular formula is C19H31N3O2. The van der Waals surface area contributed by atoms with E-state index in [4.69, 9.17) is 5.73 Å². The Morgan fingerprint density at radius 1 is 1.17 bits per heavy atom. The number of rotatable bonds is 8. The van der Waals surface area contributed by atoms with Gasteiger partial charge in [0.15, 0.2) is 0 Å². The Labute approximate surface area is 145 Å². The van der Waals surface area contributed by atoms with Gasteiger partial charge in [-0.05, 0) is 17.9 Å². The Hall–Kier alpha value is -1.88. The predicted molar refractivity (Wildman–Crippen MR) is 97.5 cm³/mol. The Bertz CT molecular complexity index is 541. The fourth-order valence-electron chi connectivity index (χ4n) is 2.70. The standard InChI is InChI=1S/C19H31N3O2/c1-6-15(19(4,5)14-10-8-7-9-11-14)22-16(23)12-21-18(24)17(20)13(2)3/h7-11,13,15,17H,6,12,20H2,1-5H3,(H,21,24)(H,22,23)/t15?,17-/m0/s1. The lowest BCUT2D eigenvalue weighted by molar-refractivity contribution is -0.127. The first-order valence-corrected chi connectivity index (χ1v) is 8.58. The van der Waals surface area contributed by atoms with E-state index in [9.17, 15) is 9.59 Å². The van der Waals surface area contributed by atoms with E-state index in [1.54, 1.807) is 0 Å². The lowest BCUT2D eigenvalue weighted by Crippen LogP contribution is -2.52. The normalized spacial score (nSPS) is 14.1. The average Bonchev–Trinajstić information content (AvgIpc) is 2.57. The maximum atomic E-state index is 12.2. The van der Waals surface area contributed by atoms with Gasteiger partial charge in [-0.25, -0.2) is 0 Å². The monoisotopic (exact) mass is 333 g/mol. The van der Waals surface area contributed by atoms with Crippen LogP contribution in [0.3, 0.4) is 0 Å². The number of hydrogen-bond donors (Lipinski definition) is 3. The number of nitrogens with two attached hydrogens (primary N) is 1. The maximum absolute atomic E-state index is 12.2. The van der Waals surface area contributed by atoms with Crippen LogP contribution in [0, 0.1) is 5.92 Å². The van der Waals surface area contributed by atoms with Crippen molar-refractivity contribution in [3.05, 3.63) is 35.9 Å². The summed E-state index contributed by atoms with van der Waals surface area (Å²) >= 11 is 0. The van der Waals surface area contributed by atoms with E-state index in [1.807, 2.05) is 39.0 Å². The fraction of sp³-hybridized carbons (Fsp3) is 0.579. The molecule has 1 aromatic carbocycles. The zero-order valence-corrected chi connectivity index (χ0v) is 15.4. The molecule has 5 nitrogen and oxygen atoms in total. The Morgan fingerprint density at radius 3 is 2.25 bits per heavy atom. The van der Waals surface area contributed by atoms with Gasteiger partial charge in [0.1, 0.15) is 0 Å². The molecule has 0 saturated carbocycles. The molecule has 0 aliphatic heterocycles. The van der Waals surface area contributed by atoms with E-state index in [2.05, 4.69) is 36.6 Å². The molecule has 0 aliphatic carbocycles. The van der Waals surface area contributed by atoms with Gasteiger partial charge in [-0.3, -0.25) is 9.59 Å². The van der Waals surface area contributed by atoms with Gasteiger partial charge in [0, 0.05) is 11.5 Å². The molecule has 0 saturated heterocycles. The molecule has 4 N–H and O–H groups in total. The van der Waals surface area contributed by atoms with Crippen LogP contribution in [-0.4, -0.2) is 30.4 Å². The lowest BCUT2D eigenvalue weighted by atomic mass is 9.76. The van der Waals surface area contributed by atoms with Crippen molar-refractivity contribution in [1.29, 1.82) is 0 Å². The Kier molecular flexibility index (Phi) is 7.42. The molecule has 0 aliphatic rings. The zero-order valence-electron chi connectivity index (χ0n) is 15.4. The first-order chi connectivity index (χ1) is 11.2. The molecule has 2 atom stereocenters. The maximum Gasteiger partial charge on any atom is 0.239 e. The summed E-state index contributed by atoms with van der Waals surface area (Å²) in [4.78, 5) is 24.1. The number of benzene rings is 1. The number of nitrogens with one attached hydrogen (secondary N) is 2. The highest BCUT2D eigenvalue weighted by molar-refractivity contribution is 5.87. The van der Waals surface area contributed by atoms with E-state index in [0.717, 1.165) is 6.42 Å². The number of carbonyl (C=O) groups is 2. The van der Waals surface area contributed by atoms with E-state index >= 15 is 0 Å². The number of carbonyl (C=O) groups excluding carboxylic acids is 2. The van der Waals surface area contributed by atoms with Crippen molar-refractivity contribution in [2.75, 3.05) is 6.54 Å². The third kappa shape index (κ3) is 5.34. The van der Waals surface area contributed by atoms with Gasteiger partial charge in [0.25, 0.3) is 0 Å². The largest absolute Gasteiger partial charge is 0.351 e. The second-order valence-electron chi connectivity index (χ2n) is 7.10. The first-order valence-electron chi connectivity index (χ1n) is 8.58. The van der Waals surface area contributed by atoms with Gasteiger partial charge in [0.05, 0.1) is 12.6 Å². The highest BCUT2D eigenvalue weighted by Crippen LogP contribution is 2.28. The van der Waals surface area contributed by atoms with Crippen LogP contribution in [-0.2, 0) is 15.0 Å². The van der Waals surface area contributed by atoms with Gasteiger partial charge in [-0.15, -0.1) is 0 Å². The molecule has 0 radical (unpaired) electrons. The molecule has 5 heteroatoms. The molecule has 0 aromatic heterocycles. The highest BCUT2D eigenvalue weighted by Gasteiger charge is 2.31. The molecular weight excluding hydrogens is 302 g/mol. The number of hydrogen-bond acceptors (Lipinski definition) is 3. The SMILES string of the molecule is CCC(NC(=O)CNC(=O)[C@@H](N)C(C)C)C(C)(C)c1ccccc1. The van der Waals surface area contributed by atoms with Crippen molar-refractivity contribution in [1.82, 2.24) is 10.6 Å². The van der Waals surface area contributed by atoms with Crippen molar-refractivity contribution in [2.45, 2.75) is 58.5 Å². The second-order valence-corrected chi connectivity index (χ2v) is 7.10. The summed E-state index contributed by atoms with van der Waals surface area (Å²) in [5, 5.41) is 5.64. The first kappa shape index (κ1) is 20.2. The average molecular weight is 333 g/mol. The van der Waals surface area contributed by atoms with Gasteiger partial charge in [0.2, 0.25) is 11.8 Å². The van der Waals surface area contributed by atoms with Gasteiger partial charge in [-0.1, -0.05) is 65.0 Å². The molecule has 1 unspecified atom stereocenters. The van der Waals surface area contributed by atoms with Crippen LogP contribution in [0.15, 0.2) is 30.3 Å². The summed E-state index contributed by atoms with van der Waals surface area (Å²) in [6, 6.07) is 9.49. The molecule has 0 spiro atoms. The molecule has 1 aromatic rings. The van der Waals surface area contributed by atoms with E-state index < -0.39 is 6.04 Å². The van der Waals surface area contributed by atoms with Crippen LogP contribution < -0.4 is 16.4 Å². The molecule has 1 rings (SSSR count). The quantitative estimate of drug-likeness (QED) is 0.680. The van der Waals surface area contributed by atoms with Crippen molar-refractivity contribution in [3.8, 4) is 0 Å². The van der Waals surface area contributed by atoms with Crippen molar-refractivity contribution in [2.24, 2.45) is 11.7 Å². The molecule has 2 amide bonds. The minimum Gasteiger partial charge on any atom is -0.351 e. The van der Waals surface area contributed by atoms with E-state index in [1.165, 1.54) is 5.56 Å². The summed E-state index contributed by atoms with van der Waals surface area (Å²) in [6.07, 6.45) is 0.799. The lowest BCUT2D eigenvalue weighted by Gasteiger charge is -2.35. The van der Waals surface area contributed by atoms with Gasteiger partial charge in [-0.2, -0.15) is 0 Å². The van der Waals surface area contributed by atoms with E-state index in [0.29, 0.717) is 0 Å². The van der Waals surface area contributed by atoms with Crippen LogP contribution in [0.5, 0.6) is 0 Å². The third-order valence-electron chi connectivity index (χ3n) is 4.58. The Morgan fingerprint density at radius 2 is 1.75 bits per heavy atom. The minimum atomic E-state index is -0.597. The van der Waals surface area contributed by atoms with Gasteiger partial charge < -0.3 is 16.4 Å². The molecule has 0 heterocycles. The fourth-order valence-corrected chi connectivity index (χ4v) is 2.70. The summed E-state index contributed by atoms with van der Waals surface area (Å²) in [6.45, 7) is 9.97. The summed E-state index contributed by atoms with van der Waals surface area (Å²) in [5.41, 5.74) is 6.74. The molecule has 134 valence electrons. The third-order valence-corrected chi connectivity index (χ3v) is 4.58. The van der Waals surface area contributed by atoms with Gasteiger partial charge >= 0.3 is 0 Å². The summed E-state index contributed by atoms with van der Waals surface area (Å²) in [5.74, 6) is -0.459. The van der Waals surface area contributed by atoms with Crippen molar-refractivity contribution >= 4 is 11.8 Å². The Balaban J connectivity index is 2.65. The van der Waals surface area contributed by atoms with Crippen LogP contribution in [0.1, 0.15) is 46.6 Å². The zero-order chi connectivity index (χ0) is 18.3. The summed E-state index contributed by atoms with van der Waals surface area (Å²) < 4.78 is 0. The minimum absolute atomic E-state index is 0.0249. The second kappa shape index (κ2) is 8.83. The summed E-state index contributed by atoms with van der Waals surface area (Å²) in [7, 11) is 0. The molecule has 0 fully saturated rings. The van der Waals surface area contributed by atoms with Crippen LogP contribution in [0.25, 0.3) is 0 Å². The van der Waals surface area contributed by atoms with Crippen LogP contribution in [0.2, 0.25) is 0 Å². The van der Waals surface area contributed by atoms with Crippen LogP contribution in [0.4, 0.5) is 0 Å². The molecule has 24 heavy (non-hydrogen) atoms. The van der Waals surface area contributed by atoms with Crippen LogP contribution >= 0.6 is 0 Å². The van der Waals surface area contributed by atoms with E-state index in [-0.39, 0.29) is 35.7 Å². The highest BCUT2D eigenvalue weighted by atomic mass is 16.2. The number of amides is 2. The topological polar surface area (TPSA) is 84.2 Å². The predicted octanol–water partition coefficient (Wildman–Crippen LogP) is 1.96. The smallest absolute Gasteiger partial charge is 0.239 e. The van der Waals surface area contributed by atoms with Crippen molar-refractivity contribution in [3.63, 3.8) is 0 Å². The molecule has 0 bridgehead atoms. The van der Waals surface area contributed by atoms with Crippen molar-refractivity contribution < 1.29 is 9.59 Å².